The highest BCUT2D eigenvalue weighted by atomic mass is 35.5. The smallest absolute Gasteiger partial charge is 0.347 e. The summed E-state index contributed by atoms with van der Waals surface area (Å²) in [5.74, 6) is -3.90. The number of nitrogens with zero attached hydrogens (tertiary/aromatic N) is 1. The van der Waals surface area contributed by atoms with E-state index in [0.717, 1.165) is 0 Å². The Kier molecular flexibility index (Phi) is 2.75. The molecular formula is C14H8ClF2NO. The molecule has 3 aromatic rings. The largest absolute Gasteiger partial charge is 0.435 e. The number of hydrogen-bond donors (Lipinski definition) is 0. The van der Waals surface area contributed by atoms with Crippen LogP contribution in [0.15, 0.2) is 52.9 Å². The Bertz CT molecular complexity index is 689. The van der Waals surface area contributed by atoms with Crippen LogP contribution in [0, 0.1) is 0 Å². The van der Waals surface area contributed by atoms with Crippen LogP contribution in [0.25, 0.3) is 11.1 Å². The van der Waals surface area contributed by atoms with Gasteiger partial charge in [0.15, 0.2) is 5.58 Å². The molecule has 0 amide bonds. The van der Waals surface area contributed by atoms with Crippen LogP contribution in [0.2, 0.25) is 5.02 Å². The van der Waals surface area contributed by atoms with E-state index >= 15 is 0 Å². The maximum Gasteiger partial charge on any atom is 0.347 e. The van der Waals surface area contributed by atoms with Gasteiger partial charge in [0.2, 0.25) is 0 Å². The lowest BCUT2D eigenvalue weighted by Crippen LogP contribution is -2.15. The molecule has 0 unspecified atom stereocenters. The lowest BCUT2D eigenvalue weighted by molar-refractivity contribution is 0.0148. The Labute approximate surface area is 112 Å². The second-order valence-electron chi connectivity index (χ2n) is 4.07. The van der Waals surface area contributed by atoms with Crippen molar-refractivity contribution in [2.75, 3.05) is 0 Å². The average molecular weight is 280 g/mol. The molecule has 0 N–H and O–H groups in total. The van der Waals surface area contributed by atoms with Gasteiger partial charge in [-0.05, 0) is 24.3 Å². The molecule has 0 aliphatic heterocycles. The highest BCUT2D eigenvalue weighted by molar-refractivity contribution is 6.30. The number of hydrogen-bond acceptors (Lipinski definition) is 2. The molecular weight excluding hydrogens is 272 g/mol. The van der Waals surface area contributed by atoms with Gasteiger partial charge in [0.25, 0.3) is 5.89 Å². The third-order valence-corrected chi connectivity index (χ3v) is 3.02. The summed E-state index contributed by atoms with van der Waals surface area (Å²) in [4.78, 5) is 3.83. The van der Waals surface area contributed by atoms with Crippen LogP contribution in [0.1, 0.15) is 11.5 Å². The molecule has 1 heterocycles. The Morgan fingerprint density at radius 3 is 2.37 bits per heavy atom. The highest BCUT2D eigenvalue weighted by Gasteiger charge is 2.39. The first kappa shape index (κ1) is 12.1. The Morgan fingerprint density at radius 2 is 1.68 bits per heavy atom. The van der Waals surface area contributed by atoms with Crippen molar-refractivity contribution < 1.29 is 13.2 Å². The Hall–Kier alpha value is -1.94. The third-order valence-electron chi connectivity index (χ3n) is 2.77. The summed E-state index contributed by atoms with van der Waals surface area (Å²) in [6.07, 6.45) is 0. The molecule has 2 nitrogen and oxygen atoms in total. The molecule has 0 aliphatic carbocycles. The number of aromatic nitrogens is 1. The first-order valence-electron chi connectivity index (χ1n) is 5.57. The maximum absolute atomic E-state index is 14.3. The molecule has 1 aromatic heterocycles. The van der Waals surface area contributed by atoms with E-state index in [9.17, 15) is 8.78 Å². The fraction of sp³-hybridized carbons (Fsp3) is 0.0714. The van der Waals surface area contributed by atoms with Crippen molar-refractivity contribution in [2.45, 2.75) is 5.92 Å². The minimum absolute atomic E-state index is 0.205. The van der Waals surface area contributed by atoms with Gasteiger partial charge in [-0.1, -0.05) is 35.9 Å². The minimum atomic E-state index is -3.29. The molecule has 0 spiro atoms. The van der Waals surface area contributed by atoms with Crippen molar-refractivity contribution in [3.05, 3.63) is 65.0 Å². The molecule has 0 fully saturated rings. The number of fused-ring (bicyclic) bond motifs is 1. The first-order chi connectivity index (χ1) is 9.07. The van der Waals surface area contributed by atoms with Crippen molar-refractivity contribution >= 4 is 22.7 Å². The topological polar surface area (TPSA) is 26.0 Å². The monoisotopic (exact) mass is 279 g/mol. The van der Waals surface area contributed by atoms with Gasteiger partial charge in [-0.15, -0.1) is 0 Å². The van der Waals surface area contributed by atoms with Crippen LogP contribution in [0.3, 0.4) is 0 Å². The quantitative estimate of drug-likeness (QED) is 0.684. The van der Waals surface area contributed by atoms with E-state index in [1.165, 1.54) is 24.3 Å². The van der Waals surface area contributed by atoms with Gasteiger partial charge in [-0.2, -0.15) is 8.78 Å². The number of alkyl halides is 2. The summed E-state index contributed by atoms with van der Waals surface area (Å²) in [6.45, 7) is 0. The van der Waals surface area contributed by atoms with Gasteiger partial charge < -0.3 is 4.42 Å². The van der Waals surface area contributed by atoms with Crippen LogP contribution in [-0.4, -0.2) is 4.98 Å². The van der Waals surface area contributed by atoms with Gasteiger partial charge in [0, 0.05) is 10.6 Å². The normalized spacial score (nSPS) is 11.9. The van der Waals surface area contributed by atoms with E-state index in [2.05, 4.69) is 4.98 Å². The van der Waals surface area contributed by atoms with E-state index in [-0.39, 0.29) is 5.56 Å². The number of benzene rings is 2. The van der Waals surface area contributed by atoms with E-state index in [1.54, 1.807) is 24.3 Å². The first-order valence-corrected chi connectivity index (χ1v) is 5.95. The molecule has 0 saturated heterocycles. The van der Waals surface area contributed by atoms with Crippen LogP contribution >= 0.6 is 11.6 Å². The van der Waals surface area contributed by atoms with Crippen molar-refractivity contribution in [3.63, 3.8) is 0 Å². The number of oxazole rings is 1. The molecule has 19 heavy (non-hydrogen) atoms. The van der Waals surface area contributed by atoms with Crippen LogP contribution in [-0.2, 0) is 5.92 Å². The zero-order valence-corrected chi connectivity index (χ0v) is 10.4. The van der Waals surface area contributed by atoms with Crippen molar-refractivity contribution in [2.24, 2.45) is 0 Å². The van der Waals surface area contributed by atoms with Crippen LogP contribution in [0.4, 0.5) is 8.78 Å². The molecule has 3 rings (SSSR count). The summed E-state index contributed by atoms with van der Waals surface area (Å²) >= 11 is 5.69. The molecule has 0 aliphatic rings. The third kappa shape index (κ3) is 2.08. The highest BCUT2D eigenvalue weighted by Crippen LogP contribution is 2.36. The van der Waals surface area contributed by atoms with E-state index in [4.69, 9.17) is 16.0 Å². The van der Waals surface area contributed by atoms with Crippen molar-refractivity contribution in [3.8, 4) is 0 Å². The lowest BCUT2D eigenvalue weighted by atomic mass is 10.1. The zero-order valence-electron chi connectivity index (χ0n) is 9.61. The number of halogens is 3. The predicted octanol–water partition coefficient (Wildman–Crippen LogP) is 4.62. The van der Waals surface area contributed by atoms with Gasteiger partial charge in [0.05, 0.1) is 0 Å². The Balaban J connectivity index is 2.10. The molecule has 0 radical (unpaired) electrons. The lowest BCUT2D eigenvalue weighted by Gasteiger charge is -2.12. The predicted molar refractivity (Wildman–Crippen MR) is 68.5 cm³/mol. The SMILES string of the molecule is FC(F)(c1ccc(Cl)cc1)c1nc2ccccc2o1. The summed E-state index contributed by atoms with van der Waals surface area (Å²) < 4.78 is 33.6. The van der Waals surface area contributed by atoms with Crippen molar-refractivity contribution in [1.29, 1.82) is 0 Å². The van der Waals surface area contributed by atoms with Gasteiger partial charge in [-0.3, -0.25) is 0 Å². The number of para-hydroxylation sites is 2. The summed E-state index contributed by atoms with van der Waals surface area (Å²) in [7, 11) is 0. The van der Waals surface area contributed by atoms with Crippen molar-refractivity contribution in [1.82, 2.24) is 4.98 Å². The van der Waals surface area contributed by atoms with Gasteiger partial charge in [-0.25, -0.2) is 4.98 Å². The van der Waals surface area contributed by atoms with E-state index in [1.807, 2.05) is 0 Å². The second-order valence-corrected chi connectivity index (χ2v) is 4.50. The summed E-state index contributed by atoms with van der Waals surface area (Å²) in [5.41, 5.74) is 0.542. The fourth-order valence-corrected chi connectivity index (χ4v) is 1.92. The van der Waals surface area contributed by atoms with Crippen LogP contribution in [0.5, 0.6) is 0 Å². The Morgan fingerprint density at radius 1 is 1.00 bits per heavy atom. The van der Waals surface area contributed by atoms with Crippen LogP contribution < -0.4 is 0 Å². The molecule has 96 valence electrons. The average Bonchev–Trinajstić information content (AvgIpc) is 2.83. The second kappa shape index (κ2) is 4.31. The fourth-order valence-electron chi connectivity index (χ4n) is 1.79. The summed E-state index contributed by atoms with van der Waals surface area (Å²) in [6, 6.07) is 12.0. The molecule has 0 atom stereocenters. The zero-order chi connectivity index (χ0) is 13.5. The van der Waals surface area contributed by atoms with Gasteiger partial charge >= 0.3 is 5.92 Å². The molecule has 5 heteroatoms. The van der Waals surface area contributed by atoms with E-state index in [0.29, 0.717) is 16.1 Å². The molecule has 2 aromatic carbocycles. The molecule has 0 saturated carbocycles. The maximum atomic E-state index is 14.3. The summed E-state index contributed by atoms with van der Waals surface area (Å²) in [5, 5.41) is 0.400. The van der Waals surface area contributed by atoms with E-state index < -0.39 is 11.8 Å². The molecule has 0 bridgehead atoms. The number of rotatable bonds is 2. The minimum Gasteiger partial charge on any atom is -0.435 e. The van der Waals surface area contributed by atoms with Gasteiger partial charge in [0.1, 0.15) is 5.52 Å². The standard InChI is InChI=1S/C14H8ClF2NO/c15-10-7-5-9(6-8-10)14(16,17)13-18-11-3-1-2-4-12(11)19-13/h1-8H.